The second kappa shape index (κ2) is 12.6. The van der Waals surface area contributed by atoms with Gasteiger partial charge in [-0.3, -0.25) is 14.7 Å². The molecule has 1 aromatic carbocycles. The average molecular weight is 577 g/mol. The molecule has 0 bridgehead atoms. The molecule has 2 aromatic heterocycles. The van der Waals surface area contributed by atoms with E-state index in [0.717, 1.165) is 25.6 Å². The fourth-order valence-electron chi connectivity index (χ4n) is 4.19. The van der Waals surface area contributed by atoms with Gasteiger partial charge in [-0.2, -0.15) is 0 Å². The fraction of sp³-hybridized carbons (Fsp3) is 0.458. The number of ether oxygens (including phenoxy) is 1. The first-order valence-corrected chi connectivity index (χ1v) is 14.3. The van der Waals surface area contributed by atoms with Crippen LogP contribution in [0.2, 0.25) is 0 Å². The average Bonchev–Trinajstić information content (AvgIpc) is 3.48. The molecule has 16 heteroatoms. The van der Waals surface area contributed by atoms with E-state index in [1.54, 1.807) is 6.92 Å². The number of unbranched alkanes of at least 4 members (excludes halogenated alkanes) is 2. The molecule has 1 aliphatic heterocycles. The lowest BCUT2D eigenvalue weighted by molar-refractivity contribution is -0.137. The van der Waals surface area contributed by atoms with Crippen LogP contribution in [0.25, 0.3) is 11.2 Å². The summed E-state index contributed by atoms with van der Waals surface area (Å²) in [4.78, 5) is 37.4. The lowest BCUT2D eigenvalue weighted by Gasteiger charge is -2.16. The van der Waals surface area contributed by atoms with Crippen molar-refractivity contribution in [3.63, 3.8) is 0 Å². The van der Waals surface area contributed by atoms with Crippen molar-refractivity contribution in [2.75, 3.05) is 23.7 Å². The molecule has 3 heterocycles. The topological polar surface area (TPSA) is 210 Å². The number of benzene rings is 1. The Labute approximate surface area is 230 Å². The molecule has 0 aliphatic carbocycles. The maximum atomic E-state index is 12.7. The van der Waals surface area contributed by atoms with Gasteiger partial charge in [0, 0.05) is 18.8 Å². The summed E-state index contributed by atoms with van der Waals surface area (Å²) in [6.07, 6.45) is -0.371. The number of aromatic nitrogens is 4. The molecule has 3 amide bonds. The van der Waals surface area contributed by atoms with Crippen molar-refractivity contribution in [2.45, 2.75) is 62.5 Å². The van der Waals surface area contributed by atoms with Gasteiger partial charge in [-0.1, -0.05) is 25.8 Å². The number of fused-ring (bicyclic) bond motifs is 1. The summed E-state index contributed by atoms with van der Waals surface area (Å²) in [5.74, 6) is -0.547. The number of hydrogen-bond acceptors (Lipinski definition) is 10. The number of hydrogen-bond donors (Lipinski definition) is 6. The van der Waals surface area contributed by atoms with E-state index in [9.17, 15) is 28.2 Å². The minimum Gasteiger partial charge on any atom is -0.387 e. The highest BCUT2D eigenvalue weighted by atomic mass is 32.2. The van der Waals surface area contributed by atoms with Crippen molar-refractivity contribution >= 4 is 44.6 Å². The third-order valence-corrected chi connectivity index (χ3v) is 7.65. The van der Waals surface area contributed by atoms with Crippen LogP contribution in [0.15, 0.2) is 41.8 Å². The Balaban J connectivity index is 1.47. The first kappa shape index (κ1) is 29.3. The van der Waals surface area contributed by atoms with E-state index in [-0.39, 0.29) is 27.6 Å². The highest BCUT2D eigenvalue weighted by Crippen LogP contribution is 2.32. The number of sulfonamides is 1. The molecule has 4 atom stereocenters. The number of imidazole rings is 1. The molecular weight excluding hydrogens is 544 g/mol. The van der Waals surface area contributed by atoms with Crippen LogP contribution < -0.4 is 20.7 Å². The zero-order chi connectivity index (χ0) is 28.9. The Morgan fingerprint density at radius 2 is 1.88 bits per heavy atom. The molecule has 1 aliphatic rings. The number of urea groups is 1. The summed E-state index contributed by atoms with van der Waals surface area (Å²) in [5, 5.41) is 28.5. The van der Waals surface area contributed by atoms with Crippen LogP contribution in [0.5, 0.6) is 0 Å². The van der Waals surface area contributed by atoms with E-state index < -0.39 is 46.5 Å². The SMILES string of the molecule is CCCCCNS(=O)(=O)c1cccc(NC(=O)Nc2ncnc3c2ncn3[C@@H]2O[C@H](C(=O)NCC)[C@@H](O)[C@H]2O)c1. The van der Waals surface area contributed by atoms with Gasteiger partial charge in [0.15, 0.2) is 29.3 Å². The van der Waals surface area contributed by atoms with Gasteiger partial charge in [-0.15, -0.1) is 0 Å². The molecule has 0 unspecified atom stereocenters. The highest BCUT2D eigenvalue weighted by molar-refractivity contribution is 7.89. The van der Waals surface area contributed by atoms with E-state index in [4.69, 9.17) is 4.74 Å². The summed E-state index contributed by atoms with van der Waals surface area (Å²) < 4.78 is 34.7. The molecule has 4 rings (SSSR count). The summed E-state index contributed by atoms with van der Waals surface area (Å²) in [6.45, 7) is 4.38. The number of rotatable bonds is 11. The third-order valence-electron chi connectivity index (χ3n) is 6.19. The van der Waals surface area contributed by atoms with Crippen LogP contribution >= 0.6 is 0 Å². The van der Waals surface area contributed by atoms with Crippen molar-refractivity contribution in [1.29, 1.82) is 0 Å². The summed E-state index contributed by atoms with van der Waals surface area (Å²) in [6, 6.07) is 5.09. The third kappa shape index (κ3) is 6.37. The molecule has 0 spiro atoms. The van der Waals surface area contributed by atoms with Gasteiger partial charge in [0.1, 0.15) is 18.5 Å². The molecule has 15 nitrogen and oxygen atoms in total. The molecule has 1 fully saturated rings. The number of likely N-dealkylation sites (N-methyl/N-ethyl adjacent to an activating group) is 1. The van der Waals surface area contributed by atoms with Gasteiger partial charge in [0.2, 0.25) is 10.0 Å². The summed E-state index contributed by atoms with van der Waals surface area (Å²) in [5.41, 5.74) is 0.551. The molecule has 216 valence electrons. The van der Waals surface area contributed by atoms with Crippen molar-refractivity contribution in [1.82, 2.24) is 29.6 Å². The molecular formula is C24H32N8O7S. The molecule has 40 heavy (non-hydrogen) atoms. The number of nitrogens with zero attached hydrogens (tertiary/aromatic N) is 4. The highest BCUT2D eigenvalue weighted by Gasteiger charge is 2.47. The summed E-state index contributed by atoms with van der Waals surface area (Å²) in [7, 11) is -3.74. The first-order chi connectivity index (χ1) is 19.2. The van der Waals surface area contributed by atoms with Crippen LogP contribution in [-0.2, 0) is 19.6 Å². The monoisotopic (exact) mass is 576 g/mol. The minimum absolute atomic E-state index is 0.00759. The number of amides is 3. The van der Waals surface area contributed by atoms with Gasteiger partial charge in [-0.25, -0.2) is 32.9 Å². The number of carbonyl (C=O) groups excluding carboxylic acids is 2. The van der Waals surface area contributed by atoms with Crippen LogP contribution in [-0.4, -0.2) is 81.5 Å². The van der Waals surface area contributed by atoms with E-state index in [1.165, 1.54) is 35.2 Å². The van der Waals surface area contributed by atoms with E-state index >= 15 is 0 Å². The molecule has 1 saturated heterocycles. The lowest BCUT2D eigenvalue weighted by Crippen LogP contribution is -2.42. The van der Waals surface area contributed by atoms with Crippen LogP contribution in [0.3, 0.4) is 0 Å². The Hall–Kier alpha value is -3.70. The number of carbonyl (C=O) groups is 2. The zero-order valence-corrected chi connectivity index (χ0v) is 22.8. The quantitative estimate of drug-likeness (QED) is 0.176. The van der Waals surface area contributed by atoms with E-state index in [0.29, 0.717) is 13.1 Å². The van der Waals surface area contributed by atoms with Gasteiger partial charge in [0.25, 0.3) is 5.91 Å². The largest absolute Gasteiger partial charge is 0.387 e. The van der Waals surface area contributed by atoms with Crippen molar-refractivity contribution in [3.05, 3.63) is 36.9 Å². The maximum Gasteiger partial charge on any atom is 0.324 e. The van der Waals surface area contributed by atoms with Gasteiger partial charge >= 0.3 is 6.03 Å². The molecule has 0 saturated carbocycles. The number of nitrogens with one attached hydrogen (secondary N) is 4. The Kier molecular flexibility index (Phi) is 9.26. The molecule has 3 aromatic rings. The van der Waals surface area contributed by atoms with E-state index in [2.05, 4.69) is 35.6 Å². The Morgan fingerprint density at radius 3 is 2.62 bits per heavy atom. The smallest absolute Gasteiger partial charge is 0.324 e. The van der Waals surface area contributed by atoms with Crippen molar-refractivity contribution < 1.29 is 33.0 Å². The van der Waals surface area contributed by atoms with Gasteiger partial charge < -0.3 is 25.6 Å². The minimum atomic E-state index is -3.74. The standard InChI is InChI=1S/C24H32N8O7S/c1-3-5-6-10-29-40(37,38)15-9-7-8-14(11-15)30-24(36)31-20-16-21(27-12-26-20)32(13-28-16)23-18(34)17(33)19(39-23)22(35)25-4-2/h7-9,11-13,17-19,23,29,33-34H,3-6,10H2,1-2H3,(H,25,35)(H2,26,27,30,31,36)/t17-,18+,19-,23+/m0/s1. The van der Waals surface area contributed by atoms with Gasteiger partial charge in [0.05, 0.1) is 11.2 Å². The normalized spacial score (nSPS) is 20.9. The van der Waals surface area contributed by atoms with E-state index in [1.807, 2.05) is 6.92 Å². The van der Waals surface area contributed by atoms with Crippen molar-refractivity contribution in [3.8, 4) is 0 Å². The Bertz CT molecular complexity index is 1460. The van der Waals surface area contributed by atoms with Crippen LogP contribution in [0.4, 0.5) is 16.3 Å². The summed E-state index contributed by atoms with van der Waals surface area (Å²) >= 11 is 0. The molecule has 6 N–H and O–H groups in total. The number of aliphatic hydroxyl groups excluding tert-OH is 2. The lowest BCUT2D eigenvalue weighted by atomic mass is 10.1. The van der Waals surface area contributed by atoms with Crippen molar-refractivity contribution in [2.24, 2.45) is 0 Å². The predicted octanol–water partition coefficient (Wildman–Crippen LogP) is 0.694. The van der Waals surface area contributed by atoms with Gasteiger partial charge in [-0.05, 0) is 31.5 Å². The maximum absolute atomic E-state index is 12.7. The fourth-order valence-corrected chi connectivity index (χ4v) is 5.31. The van der Waals surface area contributed by atoms with Crippen LogP contribution in [0.1, 0.15) is 39.3 Å². The molecule has 0 radical (unpaired) electrons. The second-order valence-electron chi connectivity index (χ2n) is 9.08. The predicted molar refractivity (Wildman–Crippen MR) is 144 cm³/mol. The first-order valence-electron chi connectivity index (χ1n) is 12.8. The number of anilines is 2. The van der Waals surface area contributed by atoms with Crippen LogP contribution in [0, 0.1) is 0 Å². The second-order valence-corrected chi connectivity index (χ2v) is 10.8. The number of aliphatic hydroxyl groups is 2. The Morgan fingerprint density at radius 1 is 1.07 bits per heavy atom. The zero-order valence-electron chi connectivity index (χ0n) is 21.9.